The second-order valence-electron chi connectivity index (χ2n) is 9.71. The summed E-state index contributed by atoms with van der Waals surface area (Å²) in [6.45, 7) is 7.32. The molecule has 29 heteroatoms. The van der Waals surface area contributed by atoms with Gasteiger partial charge < -0.3 is 55.4 Å². The molecule has 0 radical (unpaired) electrons. The molecular weight excluding hydrogens is 844 g/mol. The van der Waals surface area contributed by atoms with E-state index in [-0.39, 0.29) is 116 Å². The largest absolute Gasteiger partial charge is 1.00 e. The Bertz CT molecular complexity index is 1220. The van der Waals surface area contributed by atoms with E-state index < -0.39 is 85.6 Å². The van der Waals surface area contributed by atoms with Crippen molar-refractivity contribution in [2.45, 2.75) is 34.6 Å². The molecule has 0 fully saturated rings. The van der Waals surface area contributed by atoms with Crippen LogP contribution >= 0.6 is 12.4 Å². The molecule has 0 saturated carbocycles. The predicted molar refractivity (Wildman–Crippen MR) is 180 cm³/mol. The van der Waals surface area contributed by atoms with Crippen LogP contribution in [-0.2, 0) is 85.8 Å². The number of carbonyl (C=O) groups is 4. The number of hydrogen-bond acceptors (Lipinski definition) is 21. The van der Waals surface area contributed by atoms with Crippen molar-refractivity contribution >= 4 is 66.6 Å². The third-order valence-electron chi connectivity index (χ3n) is 4.56. The van der Waals surface area contributed by atoms with Crippen molar-refractivity contribution in [3.63, 3.8) is 0 Å². The first kappa shape index (κ1) is 74.6. The van der Waals surface area contributed by atoms with E-state index >= 15 is 0 Å². The fraction of sp³-hybridized carbons (Fsp3) is 0.840. The molecule has 0 aromatic rings. The molecule has 0 aliphatic heterocycles. The van der Waals surface area contributed by atoms with Crippen molar-refractivity contribution in [1.82, 2.24) is 6.15 Å². The maximum absolute atomic E-state index is 10.8. The van der Waals surface area contributed by atoms with Crippen molar-refractivity contribution < 1.29 is 161 Å². The van der Waals surface area contributed by atoms with E-state index in [1.807, 2.05) is 6.92 Å². The van der Waals surface area contributed by atoms with E-state index in [1.54, 1.807) is 13.8 Å². The van der Waals surface area contributed by atoms with Crippen LogP contribution in [0.4, 0.5) is 0 Å². The first-order valence-electron chi connectivity index (χ1n) is 13.8. The topological polar surface area (TPSA) is 373 Å². The van der Waals surface area contributed by atoms with Crippen molar-refractivity contribution in [1.29, 1.82) is 0 Å². The van der Waals surface area contributed by atoms with Gasteiger partial charge in [0.1, 0.15) is 0 Å². The summed E-state index contributed by atoms with van der Waals surface area (Å²) >= 11 is 0. The third kappa shape index (κ3) is 63.6. The second kappa shape index (κ2) is 42.3. The van der Waals surface area contributed by atoms with Gasteiger partial charge in [0.15, 0.2) is 20.4 Å². The van der Waals surface area contributed by atoms with Gasteiger partial charge in [-0.3, -0.25) is 14.4 Å². The summed E-state index contributed by atoms with van der Waals surface area (Å²) in [6, 6.07) is 0. The summed E-state index contributed by atoms with van der Waals surface area (Å²) in [5, 5.41) is 26.9. The fourth-order valence-corrected chi connectivity index (χ4v) is 2.54. The maximum Gasteiger partial charge on any atom is 1.00 e. The summed E-state index contributed by atoms with van der Waals surface area (Å²) in [5.74, 6) is -5.76. The number of methoxy groups -OCH3 is 1. The van der Waals surface area contributed by atoms with Gasteiger partial charge in [-0.15, -0.1) is 12.4 Å². The fourth-order valence-electron chi connectivity index (χ4n) is 1.81. The normalized spacial score (nSPS) is 12.5. The van der Waals surface area contributed by atoms with E-state index in [0.717, 1.165) is 18.8 Å². The average Bonchev–Trinajstić information content (AvgIpc) is 2.96. The Morgan fingerprint density at radius 3 is 1.07 bits per heavy atom. The molecule has 0 aromatic heterocycles. The van der Waals surface area contributed by atoms with Crippen LogP contribution in [0, 0.1) is 23.7 Å². The summed E-state index contributed by atoms with van der Waals surface area (Å²) in [6.07, 6.45) is 2.68. The van der Waals surface area contributed by atoms with Gasteiger partial charge in [-0.25, -0.2) is 12.5 Å². The first-order valence-corrected chi connectivity index (χ1v) is 19.2. The summed E-state index contributed by atoms with van der Waals surface area (Å²) < 4.78 is 98.5. The number of aliphatic carboxylic acids is 3. The Balaban J connectivity index is -0.0000000700. The molecule has 0 aliphatic carbocycles. The van der Waals surface area contributed by atoms with Crippen LogP contribution in [0.2, 0.25) is 0 Å². The number of carbonyl (C=O) groups excluding carboxylic acids is 2. The molecule has 4 unspecified atom stereocenters. The maximum atomic E-state index is 10.8. The molecular formula is C25H54ClNNa2O22S3. The van der Waals surface area contributed by atoms with Crippen molar-refractivity contribution in [2.75, 3.05) is 79.3 Å². The zero-order valence-electron chi connectivity index (χ0n) is 32.4. The smallest absolute Gasteiger partial charge is 0.870 e. The molecule has 0 spiro atoms. The van der Waals surface area contributed by atoms with Gasteiger partial charge in [0.2, 0.25) is 0 Å². The Kier molecular flexibility index (Phi) is 58.4. The molecule has 0 heterocycles. The van der Waals surface area contributed by atoms with E-state index in [1.165, 1.54) is 21.0 Å². The number of rotatable bonds is 22. The molecule has 318 valence electrons. The van der Waals surface area contributed by atoms with E-state index in [4.69, 9.17) is 19.7 Å². The number of carboxylic acid groups (broad SMARTS) is 3. The number of halogens is 1. The van der Waals surface area contributed by atoms with Gasteiger partial charge in [0.25, 0.3) is 30.4 Å². The molecule has 0 aromatic carbocycles. The minimum absolute atomic E-state index is 0. The number of carboxylic acids is 3. The Labute approximate surface area is 368 Å². The number of hydrogen-bond donors (Lipinski definition) is 3. The van der Waals surface area contributed by atoms with Crippen LogP contribution in [0.5, 0.6) is 0 Å². The third-order valence-corrected chi connectivity index (χ3v) is 6.13. The van der Waals surface area contributed by atoms with Gasteiger partial charge in [0, 0.05) is 18.5 Å². The van der Waals surface area contributed by atoms with E-state index in [2.05, 4.69) is 26.8 Å². The van der Waals surface area contributed by atoms with Crippen molar-refractivity contribution in [3.8, 4) is 0 Å². The number of esters is 1. The van der Waals surface area contributed by atoms with Crippen LogP contribution in [-0.4, -0.2) is 144 Å². The Hall–Kier alpha value is -0.340. The van der Waals surface area contributed by atoms with E-state index in [9.17, 15) is 49.5 Å². The minimum atomic E-state index is -3.53. The first-order chi connectivity index (χ1) is 22.2. The monoisotopic (exact) mass is 897 g/mol. The number of ether oxygens (including phenoxy) is 5. The molecule has 0 saturated heterocycles. The SMILES string of the molecule is CC(COCOS(C)(=O)=O)C(=O)O.CC(COCOS(C)(=O)=O)C(=O)[O-].CCOCC(C)C(=O)O.COC(=O)C(C)COCOS(C)(=O)=O.Cl.N.[Na+].[Na+].[OH-]. The summed E-state index contributed by atoms with van der Waals surface area (Å²) in [5.41, 5.74) is 0. The van der Waals surface area contributed by atoms with Gasteiger partial charge in [-0.05, 0) is 27.7 Å². The molecule has 6 N–H and O–H groups in total. The molecule has 4 atom stereocenters. The van der Waals surface area contributed by atoms with Crippen LogP contribution in [0.1, 0.15) is 34.6 Å². The minimum Gasteiger partial charge on any atom is -0.870 e. The Morgan fingerprint density at radius 1 is 0.593 bits per heavy atom. The van der Waals surface area contributed by atoms with Gasteiger partial charge >= 0.3 is 77.0 Å². The standard InChI is InChI=1S/C7H14O6S.2C6H12O6S.C6H12O3.ClH.H3N.2Na.H2O/c1-6(7(8)11-2)4-12-5-13-14(3,9)10;2*1-5(6(7)8)3-11-4-12-13(2,9)10;1-3-9-4-5(2)6(7)8;;;;;/h6H,4-5H2,1-3H3;2*5H,3-4H2,1-2H3,(H,7,8);5H,3-4H2,1-2H3,(H,7,8);1H;1H3;;;1H2/q;;;;;;2*+1;/p-2. The molecule has 23 nitrogen and oxygen atoms in total. The van der Waals surface area contributed by atoms with Crippen molar-refractivity contribution in [2.24, 2.45) is 23.7 Å². The van der Waals surface area contributed by atoms with Crippen LogP contribution in [0.3, 0.4) is 0 Å². The Morgan fingerprint density at radius 2 is 0.852 bits per heavy atom. The van der Waals surface area contributed by atoms with Crippen LogP contribution < -0.4 is 70.4 Å². The second-order valence-corrected chi connectivity index (χ2v) is 14.6. The van der Waals surface area contributed by atoms with Gasteiger partial charge in [0.05, 0.1) is 70.1 Å². The predicted octanol–water partition coefficient (Wildman–Crippen LogP) is -7.12. The average molecular weight is 898 g/mol. The van der Waals surface area contributed by atoms with Crippen LogP contribution in [0.15, 0.2) is 0 Å². The van der Waals surface area contributed by atoms with E-state index in [0.29, 0.717) is 13.2 Å². The van der Waals surface area contributed by atoms with Gasteiger partial charge in [-0.1, -0.05) is 6.92 Å². The molecule has 0 bridgehead atoms. The van der Waals surface area contributed by atoms with Gasteiger partial charge in [-0.2, -0.15) is 25.3 Å². The zero-order valence-corrected chi connectivity index (χ0v) is 39.7. The summed E-state index contributed by atoms with van der Waals surface area (Å²) in [7, 11) is -9.26. The van der Waals surface area contributed by atoms with Crippen molar-refractivity contribution in [3.05, 3.63) is 0 Å². The molecule has 54 heavy (non-hydrogen) atoms. The zero-order chi connectivity index (χ0) is 39.4. The molecule has 0 amide bonds. The molecule has 0 rings (SSSR count). The summed E-state index contributed by atoms with van der Waals surface area (Å²) in [4.78, 5) is 41.4. The molecule has 0 aliphatic rings. The quantitative estimate of drug-likeness (QED) is 0.0299. The van der Waals surface area contributed by atoms with Crippen LogP contribution in [0.25, 0.3) is 0 Å².